The molecule has 17 heavy (non-hydrogen) atoms. The summed E-state index contributed by atoms with van der Waals surface area (Å²) in [5.74, 6) is -0.372. The van der Waals surface area contributed by atoms with Crippen LogP contribution < -0.4 is 0 Å². The van der Waals surface area contributed by atoms with Crippen molar-refractivity contribution in [2.45, 2.75) is 0 Å². The lowest BCUT2D eigenvalue weighted by Gasteiger charge is -2.03. The monoisotopic (exact) mass is 222 g/mol. The van der Waals surface area contributed by atoms with Crippen molar-refractivity contribution in [3.05, 3.63) is 65.2 Å². The zero-order valence-electron chi connectivity index (χ0n) is 8.84. The van der Waals surface area contributed by atoms with Gasteiger partial charge < -0.3 is 5.11 Å². The van der Waals surface area contributed by atoms with Gasteiger partial charge >= 0.3 is 0 Å². The molecule has 81 valence electrons. The Morgan fingerprint density at radius 1 is 1.24 bits per heavy atom. The van der Waals surface area contributed by atoms with Crippen LogP contribution in [0.25, 0.3) is 0 Å². The molecule has 0 unspecified atom stereocenters. The third-order valence-electron chi connectivity index (χ3n) is 2.36. The van der Waals surface area contributed by atoms with Crippen LogP contribution in [-0.2, 0) is 0 Å². The van der Waals surface area contributed by atoms with Gasteiger partial charge in [-0.25, -0.2) is 0 Å². The van der Waals surface area contributed by atoms with E-state index in [1.54, 1.807) is 30.3 Å². The second-order valence-electron chi connectivity index (χ2n) is 3.46. The minimum Gasteiger partial charge on any atom is -0.507 e. The van der Waals surface area contributed by atoms with Gasteiger partial charge in [-0.05, 0) is 42.5 Å². The highest BCUT2D eigenvalue weighted by Crippen LogP contribution is 2.19. The molecule has 0 aliphatic carbocycles. The summed E-state index contributed by atoms with van der Waals surface area (Å²) in [4.78, 5) is 12.0. The molecular formula is C14H8NO2. The number of aromatic hydroxyl groups is 1. The lowest BCUT2D eigenvalue weighted by atomic mass is 10.0. The summed E-state index contributed by atoms with van der Waals surface area (Å²) < 4.78 is 0. The van der Waals surface area contributed by atoms with Crippen molar-refractivity contribution in [3.8, 4) is 11.8 Å². The number of nitriles is 1. The standard InChI is InChI=1S/C14H8NO2/c15-9-10-5-7-11(8-6-10)14(17)12-3-1-2-4-13(12)16/h1,3-8,16H. The first kappa shape index (κ1) is 10.9. The van der Waals surface area contributed by atoms with Crippen LogP contribution >= 0.6 is 0 Å². The number of ketones is 1. The topological polar surface area (TPSA) is 61.1 Å². The van der Waals surface area contributed by atoms with E-state index in [0.29, 0.717) is 11.1 Å². The van der Waals surface area contributed by atoms with Crippen molar-refractivity contribution in [2.24, 2.45) is 0 Å². The average molecular weight is 222 g/mol. The molecule has 3 heteroatoms. The van der Waals surface area contributed by atoms with Gasteiger partial charge in [0.05, 0.1) is 17.2 Å². The van der Waals surface area contributed by atoms with E-state index in [1.165, 1.54) is 12.1 Å². The highest BCUT2D eigenvalue weighted by Gasteiger charge is 2.12. The quantitative estimate of drug-likeness (QED) is 0.793. The zero-order valence-corrected chi connectivity index (χ0v) is 8.84. The zero-order chi connectivity index (χ0) is 12.3. The smallest absolute Gasteiger partial charge is 0.196 e. The molecule has 0 aliphatic rings. The van der Waals surface area contributed by atoms with E-state index in [9.17, 15) is 9.90 Å². The van der Waals surface area contributed by atoms with Gasteiger partial charge in [0.2, 0.25) is 0 Å². The van der Waals surface area contributed by atoms with E-state index in [2.05, 4.69) is 6.07 Å². The van der Waals surface area contributed by atoms with Crippen molar-refractivity contribution in [3.63, 3.8) is 0 Å². The summed E-state index contributed by atoms with van der Waals surface area (Å²) in [7, 11) is 0. The van der Waals surface area contributed by atoms with Gasteiger partial charge in [-0.15, -0.1) is 0 Å². The van der Waals surface area contributed by atoms with E-state index in [4.69, 9.17) is 5.26 Å². The molecule has 0 fully saturated rings. The van der Waals surface area contributed by atoms with Gasteiger partial charge in [-0.1, -0.05) is 6.07 Å². The number of benzene rings is 2. The molecule has 1 N–H and O–H groups in total. The highest BCUT2D eigenvalue weighted by molar-refractivity contribution is 6.10. The van der Waals surface area contributed by atoms with Crippen molar-refractivity contribution in [2.75, 3.05) is 0 Å². The number of nitrogens with zero attached hydrogens (tertiary/aromatic N) is 1. The first-order chi connectivity index (χ1) is 8.22. The number of rotatable bonds is 2. The maximum atomic E-state index is 12.0. The summed E-state index contributed by atoms with van der Waals surface area (Å²) in [5.41, 5.74) is 1.16. The summed E-state index contributed by atoms with van der Waals surface area (Å²) in [6.07, 6.45) is 0. The molecule has 0 aromatic heterocycles. The van der Waals surface area contributed by atoms with Crippen LogP contribution in [0.2, 0.25) is 0 Å². The molecule has 3 nitrogen and oxygen atoms in total. The Balaban J connectivity index is 2.38. The fourth-order valence-electron chi connectivity index (χ4n) is 1.47. The average Bonchev–Trinajstić information content (AvgIpc) is 2.39. The summed E-state index contributed by atoms with van der Waals surface area (Å²) in [5, 5.41) is 18.2. The van der Waals surface area contributed by atoms with Crippen LogP contribution in [0.15, 0.2) is 42.5 Å². The van der Waals surface area contributed by atoms with Crippen molar-refractivity contribution in [1.29, 1.82) is 5.26 Å². The number of carbonyl (C=O) groups is 1. The molecule has 0 spiro atoms. The van der Waals surface area contributed by atoms with Crippen LogP contribution in [0.1, 0.15) is 21.5 Å². The fourth-order valence-corrected chi connectivity index (χ4v) is 1.47. The van der Waals surface area contributed by atoms with Gasteiger partial charge in [0.25, 0.3) is 0 Å². The van der Waals surface area contributed by atoms with Gasteiger partial charge in [-0.3, -0.25) is 4.79 Å². The van der Waals surface area contributed by atoms with Crippen LogP contribution in [0.5, 0.6) is 5.75 Å². The molecular weight excluding hydrogens is 214 g/mol. The van der Waals surface area contributed by atoms with Gasteiger partial charge in [0.1, 0.15) is 5.75 Å². The Labute approximate surface area is 98.6 Å². The molecule has 0 bridgehead atoms. The normalized spacial score (nSPS) is 9.59. The maximum absolute atomic E-state index is 12.0. The van der Waals surface area contributed by atoms with E-state index in [0.717, 1.165) is 0 Å². The molecule has 0 atom stereocenters. The summed E-state index contributed by atoms with van der Waals surface area (Å²) >= 11 is 0. The first-order valence-electron chi connectivity index (χ1n) is 4.96. The Kier molecular flexibility index (Phi) is 2.89. The third kappa shape index (κ3) is 2.16. The fraction of sp³-hybridized carbons (Fsp3) is 0. The Morgan fingerprint density at radius 3 is 2.53 bits per heavy atom. The Morgan fingerprint density at radius 2 is 1.94 bits per heavy atom. The van der Waals surface area contributed by atoms with Crippen molar-refractivity contribution < 1.29 is 9.90 Å². The molecule has 0 heterocycles. The Hall–Kier alpha value is -2.60. The SMILES string of the molecule is N#Cc1ccc(C(=O)c2cc[c]cc2O)cc1. The second-order valence-corrected chi connectivity index (χ2v) is 3.46. The van der Waals surface area contributed by atoms with Crippen molar-refractivity contribution in [1.82, 2.24) is 0 Å². The molecule has 2 aromatic rings. The molecule has 0 saturated heterocycles. The molecule has 2 rings (SSSR count). The molecule has 0 aliphatic heterocycles. The van der Waals surface area contributed by atoms with Crippen LogP contribution in [-0.4, -0.2) is 10.9 Å². The van der Waals surface area contributed by atoms with Crippen LogP contribution in [0.3, 0.4) is 0 Å². The lowest BCUT2D eigenvalue weighted by molar-refractivity contribution is 0.103. The second kappa shape index (κ2) is 4.50. The molecule has 0 amide bonds. The molecule has 0 saturated carbocycles. The number of phenolic OH excluding ortho intramolecular Hbond substituents is 1. The van der Waals surface area contributed by atoms with Gasteiger partial charge in [-0.2, -0.15) is 5.26 Å². The van der Waals surface area contributed by atoms with E-state index in [-0.39, 0.29) is 17.1 Å². The molecule has 1 radical (unpaired) electrons. The third-order valence-corrected chi connectivity index (χ3v) is 2.36. The van der Waals surface area contributed by atoms with E-state index < -0.39 is 0 Å². The largest absolute Gasteiger partial charge is 0.507 e. The van der Waals surface area contributed by atoms with E-state index in [1.807, 2.05) is 6.07 Å². The van der Waals surface area contributed by atoms with Crippen molar-refractivity contribution >= 4 is 5.78 Å². The van der Waals surface area contributed by atoms with Gasteiger partial charge in [0.15, 0.2) is 5.78 Å². The predicted octanol–water partition coefficient (Wildman–Crippen LogP) is 2.30. The van der Waals surface area contributed by atoms with E-state index >= 15 is 0 Å². The lowest BCUT2D eigenvalue weighted by Crippen LogP contribution is -2.01. The minimum absolute atomic E-state index is 0.0955. The number of phenols is 1. The predicted molar refractivity (Wildman–Crippen MR) is 61.5 cm³/mol. The van der Waals surface area contributed by atoms with Crippen LogP contribution in [0, 0.1) is 17.4 Å². The summed E-state index contributed by atoms with van der Waals surface area (Å²) in [6.45, 7) is 0. The minimum atomic E-state index is -0.277. The molecule has 2 aromatic carbocycles. The maximum Gasteiger partial charge on any atom is 0.196 e. The number of carbonyl (C=O) groups excluding carboxylic acids is 1. The number of hydrogen-bond acceptors (Lipinski definition) is 3. The summed E-state index contributed by atoms with van der Waals surface area (Å²) in [6, 6.07) is 15.3. The first-order valence-corrected chi connectivity index (χ1v) is 4.96. The number of hydrogen-bond donors (Lipinski definition) is 1. The highest BCUT2D eigenvalue weighted by atomic mass is 16.3. The Bertz CT molecular complexity index is 594. The van der Waals surface area contributed by atoms with Gasteiger partial charge in [0, 0.05) is 5.56 Å². The van der Waals surface area contributed by atoms with Crippen LogP contribution in [0.4, 0.5) is 0 Å².